The molecule has 0 aliphatic carbocycles. The van der Waals surface area contributed by atoms with E-state index in [4.69, 9.17) is 17.3 Å². The van der Waals surface area contributed by atoms with Gasteiger partial charge in [0.15, 0.2) is 0 Å². The van der Waals surface area contributed by atoms with E-state index in [2.05, 4.69) is 16.0 Å². The minimum absolute atomic E-state index is 0.00121. The molecule has 2 rings (SSSR count). The fourth-order valence-corrected chi connectivity index (χ4v) is 3.20. The maximum Gasteiger partial charge on any atom is 0.416 e. The highest BCUT2D eigenvalue weighted by atomic mass is 35.5. The molecule has 0 aromatic heterocycles. The van der Waals surface area contributed by atoms with Crippen LogP contribution in [0.4, 0.5) is 32.0 Å². The molecule has 0 radical (unpaired) electrons. The third-order valence-electron chi connectivity index (χ3n) is 4.69. The maximum absolute atomic E-state index is 13.0. The number of hydrogen-bond donors (Lipinski definition) is 4. The van der Waals surface area contributed by atoms with Gasteiger partial charge in [0.25, 0.3) is 5.91 Å². The Morgan fingerprint density at radius 1 is 0.917 bits per heavy atom. The molecule has 2 amide bonds. The fraction of sp³-hybridized carbons (Fsp3) is 0.304. The molecule has 196 valence electrons. The second kappa shape index (κ2) is 11.1. The van der Waals surface area contributed by atoms with Crippen LogP contribution in [0.1, 0.15) is 37.0 Å². The van der Waals surface area contributed by atoms with Gasteiger partial charge < -0.3 is 21.7 Å². The van der Waals surface area contributed by atoms with Gasteiger partial charge in [-0.05, 0) is 49.7 Å². The smallest absolute Gasteiger partial charge is 0.392 e. The van der Waals surface area contributed by atoms with E-state index in [1.165, 1.54) is 0 Å². The first kappa shape index (κ1) is 28.8. The van der Waals surface area contributed by atoms with E-state index < -0.39 is 58.2 Å². The molecule has 0 saturated carbocycles. The van der Waals surface area contributed by atoms with Crippen LogP contribution in [0.25, 0.3) is 0 Å². The average Bonchev–Trinajstić information content (AvgIpc) is 2.75. The molecule has 36 heavy (non-hydrogen) atoms. The molecule has 0 heterocycles. The Balaban J connectivity index is 2.07. The van der Waals surface area contributed by atoms with E-state index in [0.29, 0.717) is 17.8 Å². The molecule has 0 spiro atoms. The van der Waals surface area contributed by atoms with Crippen molar-refractivity contribution in [2.75, 3.05) is 5.32 Å². The van der Waals surface area contributed by atoms with Crippen molar-refractivity contribution in [3.63, 3.8) is 0 Å². The topological polar surface area (TPSA) is 96.2 Å². The summed E-state index contributed by atoms with van der Waals surface area (Å²) in [6, 6.07) is 9.64. The SMILES string of the molecule is CC(C)(CC(=O)Nc1ccccc1)NC(=O)/C(N)=C(\Cl)NCc1cc(C(F)(F)F)cc(C(F)(F)F)c1. The predicted octanol–water partition coefficient (Wildman–Crippen LogP) is 5.10. The number of carbonyl (C=O) groups is 2. The minimum atomic E-state index is -5.01. The fourth-order valence-electron chi connectivity index (χ4n) is 3.04. The van der Waals surface area contributed by atoms with E-state index in [1.807, 2.05) is 0 Å². The van der Waals surface area contributed by atoms with Crippen molar-refractivity contribution in [1.82, 2.24) is 10.6 Å². The summed E-state index contributed by atoms with van der Waals surface area (Å²) in [6.45, 7) is 2.51. The first-order valence-corrected chi connectivity index (χ1v) is 10.7. The minimum Gasteiger partial charge on any atom is -0.392 e. The van der Waals surface area contributed by atoms with E-state index in [0.717, 1.165) is 0 Å². The molecule has 5 N–H and O–H groups in total. The van der Waals surface area contributed by atoms with E-state index in [1.54, 1.807) is 44.2 Å². The van der Waals surface area contributed by atoms with Gasteiger partial charge in [-0.3, -0.25) is 9.59 Å². The number of nitrogens with two attached hydrogens (primary N) is 1. The average molecular weight is 537 g/mol. The molecule has 13 heteroatoms. The number of amides is 2. The van der Waals surface area contributed by atoms with Crippen LogP contribution >= 0.6 is 11.6 Å². The molecule has 6 nitrogen and oxygen atoms in total. The van der Waals surface area contributed by atoms with Crippen molar-refractivity contribution in [3.05, 3.63) is 76.1 Å². The van der Waals surface area contributed by atoms with E-state index in [-0.39, 0.29) is 18.1 Å². The molecule has 2 aromatic rings. The molecule has 0 atom stereocenters. The highest BCUT2D eigenvalue weighted by molar-refractivity contribution is 6.31. The Hall–Kier alpha value is -3.41. The Bertz CT molecular complexity index is 1100. The van der Waals surface area contributed by atoms with Crippen LogP contribution in [0.2, 0.25) is 0 Å². The van der Waals surface area contributed by atoms with Crippen LogP contribution < -0.4 is 21.7 Å². The third-order valence-corrected chi connectivity index (χ3v) is 5.03. The first-order chi connectivity index (χ1) is 16.5. The van der Waals surface area contributed by atoms with Crippen LogP contribution in [0.5, 0.6) is 0 Å². The number of halogens is 7. The highest BCUT2D eigenvalue weighted by Crippen LogP contribution is 2.36. The normalized spacial score (nSPS) is 13.0. The molecular formula is C23H23ClF6N4O2. The quantitative estimate of drug-likeness (QED) is 0.214. The van der Waals surface area contributed by atoms with Crippen molar-refractivity contribution in [3.8, 4) is 0 Å². The van der Waals surface area contributed by atoms with Crippen molar-refractivity contribution in [2.24, 2.45) is 5.73 Å². The summed E-state index contributed by atoms with van der Waals surface area (Å²) in [6.07, 6.45) is -10.2. The monoisotopic (exact) mass is 536 g/mol. The Kier molecular flexibility index (Phi) is 8.89. The van der Waals surface area contributed by atoms with Crippen LogP contribution in [0.3, 0.4) is 0 Å². The summed E-state index contributed by atoms with van der Waals surface area (Å²) in [7, 11) is 0. The van der Waals surface area contributed by atoms with Crippen LogP contribution in [-0.4, -0.2) is 17.4 Å². The van der Waals surface area contributed by atoms with Gasteiger partial charge in [-0.25, -0.2) is 0 Å². The third kappa shape index (κ3) is 8.67. The van der Waals surface area contributed by atoms with Gasteiger partial charge in [0, 0.05) is 24.2 Å². The Labute approximate surface area is 207 Å². The summed E-state index contributed by atoms with van der Waals surface area (Å²) in [4.78, 5) is 24.7. The lowest BCUT2D eigenvalue weighted by Crippen LogP contribution is -2.47. The summed E-state index contributed by atoms with van der Waals surface area (Å²) >= 11 is 5.94. The second-order valence-electron chi connectivity index (χ2n) is 8.42. The standard InChI is InChI=1S/C23H23ClF6N4O2/c1-21(2,11-17(35)33-16-6-4-3-5-7-16)34-20(36)18(31)19(24)32-12-13-8-14(22(25,26)27)10-15(9-13)23(28,29)30/h3-10,32H,11-12,31H2,1-2H3,(H,33,35)(H,34,36)/b19-18-. The largest absolute Gasteiger partial charge is 0.416 e. The number of hydrogen-bond acceptors (Lipinski definition) is 4. The zero-order valence-corrected chi connectivity index (χ0v) is 19.8. The van der Waals surface area contributed by atoms with Crippen molar-refractivity contribution >= 4 is 29.1 Å². The summed E-state index contributed by atoms with van der Waals surface area (Å²) in [5.74, 6) is -1.30. The lowest BCUT2D eigenvalue weighted by molar-refractivity contribution is -0.143. The van der Waals surface area contributed by atoms with Crippen LogP contribution in [-0.2, 0) is 28.5 Å². The van der Waals surface area contributed by atoms with Gasteiger partial charge in [0.05, 0.1) is 11.1 Å². The molecule has 0 bridgehead atoms. The number of alkyl halides is 6. The molecule has 2 aromatic carbocycles. The van der Waals surface area contributed by atoms with Gasteiger partial charge in [0.1, 0.15) is 10.9 Å². The van der Waals surface area contributed by atoms with Crippen molar-refractivity contribution in [2.45, 2.75) is 44.7 Å². The Morgan fingerprint density at radius 2 is 1.44 bits per heavy atom. The number of nitrogens with one attached hydrogen (secondary N) is 3. The number of anilines is 1. The number of para-hydroxylation sites is 1. The molecule has 0 aliphatic rings. The highest BCUT2D eigenvalue weighted by Gasteiger charge is 2.37. The maximum atomic E-state index is 13.0. The molecule has 0 fully saturated rings. The first-order valence-electron chi connectivity index (χ1n) is 10.3. The predicted molar refractivity (Wildman–Crippen MR) is 122 cm³/mol. The molecule has 0 unspecified atom stereocenters. The molecular weight excluding hydrogens is 514 g/mol. The molecule has 0 aliphatic heterocycles. The van der Waals surface area contributed by atoms with Gasteiger partial charge >= 0.3 is 12.4 Å². The van der Waals surface area contributed by atoms with Gasteiger partial charge in [0.2, 0.25) is 5.91 Å². The summed E-state index contributed by atoms with van der Waals surface area (Å²) in [5.41, 5.74) is 1.23. The van der Waals surface area contributed by atoms with E-state index in [9.17, 15) is 35.9 Å². The van der Waals surface area contributed by atoms with Crippen molar-refractivity contribution in [1.29, 1.82) is 0 Å². The summed E-state index contributed by atoms with van der Waals surface area (Å²) < 4.78 is 78.1. The van der Waals surface area contributed by atoms with Crippen molar-refractivity contribution < 1.29 is 35.9 Å². The number of benzene rings is 2. The van der Waals surface area contributed by atoms with Crippen LogP contribution in [0, 0.1) is 0 Å². The second-order valence-corrected chi connectivity index (χ2v) is 8.80. The van der Waals surface area contributed by atoms with Crippen LogP contribution in [0.15, 0.2) is 59.4 Å². The van der Waals surface area contributed by atoms with Gasteiger partial charge in [-0.2, -0.15) is 26.3 Å². The zero-order chi connectivity index (χ0) is 27.3. The number of rotatable bonds is 8. The molecule has 0 saturated heterocycles. The van der Waals surface area contributed by atoms with E-state index >= 15 is 0 Å². The van der Waals surface area contributed by atoms with Gasteiger partial charge in [-0.15, -0.1) is 0 Å². The summed E-state index contributed by atoms with van der Waals surface area (Å²) in [5, 5.41) is 7.01. The zero-order valence-electron chi connectivity index (χ0n) is 19.1. The lowest BCUT2D eigenvalue weighted by Gasteiger charge is -2.26. The lowest BCUT2D eigenvalue weighted by atomic mass is 9.99. The number of carbonyl (C=O) groups excluding carboxylic acids is 2. The Morgan fingerprint density at radius 3 is 1.94 bits per heavy atom. The van der Waals surface area contributed by atoms with Gasteiger partial charge in [-0.1, -0.05) is 29.8 Å².